The molecule has 3 aromatic carbocycles. The Balaban J connectivity index is 2.17. The smallest absolute Gasteiger partial charge is 0.0541 e. The molecule has 102 valence electrons. The Bertz CT molecular complexity index is 922. The van der Waals surface area contributed by atoms with Crippen LogP contribution in [0.1, 0.15) is 0 Å². The molecule has 0 N–H and O–H groups in total. The maximum atomic E-state index is 2.34. The Morgan fingerprint density at radius 3 is 2.24 bits per heavy atom. The highest BCUT2D eigenvalue weighted by Crippen LogP contribution is 2.33. The first kappa shape index (κ1) is 12.5. The molecule has 2 heteroatoms. The van der Waals surface area contributed by atoms with Crippen LogP contribution >= 0.6 is 11.8 Å². The molecule has 1 nitrogen and oxygen atoms in total. The van der Waals surface area contributed by atoms with Crippen molar-refractivity contribution in [2.24, 2.45) is 0 Å². The molecule has 0 saturated heterocycles. The van der Waals surface area contributed by atoms with Crippen molar-refractivity contribution in [3.05, 3.63) is 72.8 Å². The van der Waals surface area contributed by atoms with E-state index in [0.29, 0.717) is 0 Å². The summed E-state index contributed by atoms with van der Waals surface area (Å²) in [6, 6.07) is 25.9. The molecule has 0 atom stereocenters. The van der Waals surface area contributed by atoms with E-state index in [4.69, 9.17) is 0 Å². The third-order valence-corrected chi connectivity index (χ3v) is 4.62. The topological polar surface area (TPSA) is 4.93 Å². The summed E-state index contributed by atoms with van der Waals surface area (Å²) < 4.78 is 2.34. The first-order valence-corrected chi connectivity index (χ1v) is 8.23. The molecule has 4 rings (SSSR count). The van der Waals surface area contributed by atoms with Crippen molar-refractivity contribution in [3.8, 4) is 5.69 Å². The average molecular weight is 289 g/mol. The maximum Gasteiger partial charge on any atom is 0.0541 e. The normalized spacial score (nSPS) is 11.3. The zero-order valence-corrected chi connectivity index (χ0v) is 12.6. The van der Waals surface area contributed by atoms with Crippen LogP contribution in [-0.4, -0.2) is 10.8 Å². The van der Waals surface area contributed by atoms with Crippen LogP contribution in [0, 0.1) is 0 Å². The molecular formula is C19H15NS. The van der Waals surface area contributed by atoms with Crippen molar-refractivity contribution in [1.82, 2.24) is 4.57 Å². The quantitative estimate of drug-likeness (QED) is 0.441. The zero-order valence-electron chi connectivity index (χ0n) is 11.8. The molecule has 0 aliphatic carbocycles. The fourth-order valence-electron chi connectivity index (χ4n) is 2.93. The second kappa shape index (κ2) is 4.97. The van der Waals surface area contributed by atoms with E-state index >= 15 is 0 Å². The molecule has 4 aromatic rings. The summed E-state index contributed by atoms with van der Waals surface area (Å²) in [4.78, 5) is 1.30. The van der Waals surface area contributed by atoms with Gasteiger partial charge in [-0.25, -0.2) is 0 Å². The van der Waals surface area contributed by atoms with Gasteiger partial charge >= 0.3 is 0 Å². The summed E-state index contributed by atoms with van der Waals surface area (Å²) in [6.07, 6.45) is 2.12. The first-order chi connectivity index (χ1) is 10.4. The Labute approximate surface area is 128 Å². The number of hydrogen-bond donors (Lipinski definition) is 0. The van der Waals surface area contributed by atoms with Crippen LogP contribution in [0.2, 0.25) is 0 Å². The summed E-state index contributed by atoms with van der Waals surface area (Å²) in [5.41, 5.74) is 3.73. The van der Waals surface area contributed by atoms with Crippen LogP contribution in [-0.2, 0) is 0 Å². The zero-order chi connectivity index (χ0) is 14.2. The van der Waals surface area contributed by atoms with Crippen LogP contribution in [0.15, 0.2) is 77.7 Å². The summed E-state index contributed by atoms with van der Waals surface area (Å²) in [6.45, 7) is 0. The third kappa shape index (κ3) is 1.95. The minimum Gasteiger partial charge on any atom is -0.309 e. The highest BCUT2D eigenvalue weighted by atomic mass is 32.2. The van der Waals surface area contributed by atoms with Crippen molar-refractivity contribution in [2.75, 3.05) is 6.26 Å². The number of fused-ring (bicyclic) bond motifs is 3. The van der Waals surface area contributed by atoms with Crippen molar-refractivity contribution in [1.29, 1.82) is 0 Å². The second-order valence-electron chi connectivity index (χ2n) is 5.07. The lowest BCUT2D eigenvalue weighted by atomic mass is 10.1. The number of rotatable bonds is 2. The fourth-order valence-corrected chi connectivity index (χ4v) is 3.37. The number of thioether (sulfide) groups is 1. The van der Waals surface area contributed by atoms with E-state index in [1.54, 1.807) is 11.8 Å². The molecule has 1 aromatic heterocycles. The Hall–Kier alpha value is -2.19. The van der Waals surface area contributed by atoms with Crippen LogP contribution in [0.5, 0.6) is 0 Å². The predicted molar refractivity (Wildman–Crippen MR) is 92.6 cm³/mol. The van der Waals surface area contributed by atoms with E-state index in [-0.39, 0.29) is 0 Å². The largest absolute Gasteiger partial charge is 0.309 e. The number of aromatic nitrogens is 1. The molecule has 1 heterocycles. The number of benzene rings is 3. The van der Waals surface area contributed by atoms with Gasteiger partial charge in [-0.15, -0.1) is 11.8 Å². The first-order valence-electron chi connectivity index (χ1n) is 7.01. The SMILES string of the molecule is CSc1ccc2c(c1)c1ccccc1n2-c1ccccc1. The van der Waals surface area contributed by atoms with Gasteiger partial charge in [0, 0.05) is 21.4 Å². The van der Waals surface area contributed by atoms with Gasteiger partial charge in [0.2, 0.25) is 0 Å². The number of hydrogen-bond acceptors (Lipinski definition) is 1. The number of nitrogens with zero attached hydrogens (tertiary/aromatic N) is 1. The second-order valence-corrected chi connectivity index (χ2v) is 5.95. The standard InChI is InChI=1S/C19H15NS/c1-21-15-11-12-19-17(13-15)16-9-5-6-10-18(16)20(19)14-7-3-2-4-8-14/h2-13H,1H3. The molecule has 0 unspecified atom stereocenters. The minimum atomic E-state index is 1.21. The molecule has 0 aliphatic heterocycles. The van der Waals surface area contributed by atoms with Crippen LogP contribution < -0.4 is 0 Å². The Morgan fingerprint density at radius 2 is 1.43 bits per heavy atom. The van der Waals surface area contributed by atoms with Gasteiger partial charge < -0.3 is 4.57 Å². The van der Waals surface area contributed by atoms with Gasteiger partial charge in [-0.2, -0.15) is 0 Å². The van der Waals surface area contributed by atoms with E-state index in [9.17, 15) is 0 Å². The van der Waals surface area contributed by atoms with E-state index in [1.807, 2.05) is 0 Å². The molecule has 0 amide bonds. The van der Waals surface area contributed by atoms with Gasteiger partial charge in [-0.05, 0) is 42.7 Å². The van der Waals surface area contributed by atoms with Crippen LogP contribution in [0.25, 0.3) is 27.5 Å². The lowest BCUT2D eigenvalue weighted by Crippen LogP contribution is -1.92. The summed E-state index contributed by atoms with van der Waals surface area (Å²) in [5.74, 6) is 0. The van der Waals surface area contributed by atoms with Gasteiger partial charge in [-0.3, -0.25) is 0 Å². The van der Waals surface area contributed by atoms with Crippen LogP contribution in [0.3, 0.4) is 0 Å². The van der Waals surface area contributed by atoms with Gasteiger partial charge in [0.15, 0.2) is 0 Å². The molecule has 0 fully saturated rings. The fraction of sp³-hybridized carbons (Fsp3) is 0.0526. The summed E-state index contributed by atoms with van der Waals surface area (Å²) in [5, 5.41) is 2.63. The van der Waals surface area contributed by atoms with E-state index in [2.05, 4.69) is 83.6 Å². The average Bonchev–Trinajstić information content (AvgIpc) is 2.89. The van der Waals surface area contributed by atoms with E-state index in [0.717, 1.165) is 0 Å². The molecule has 0 aliphatic rings. The third-order valence-electron chi connectivity index (χ3n) is 3.89. The van der Waals surface area contributed by atoms with Gasteiger partial charge in [0.05, 0.1) is 11.0 Å². The molecule has 0 saturated carbocycles. The lowest BCUT2D eigenvalue weighted by Gasteiger charge is -2.07. The van der Waals surface area contributed by atoms with E-state index < -0.39 is 0 Å². The van der Waals surface area contributed by atoms with Crippen molar-refractivity contribution in [2.45, 2.75) is 4.90 Å². The lowest BCUT2D eigenvalue weighted by molar-refractivity contribution is 1.18. The van der Waals surface area contributed by atoms with Crippen molar-refractivity contribution >= 4 is 33.6 Å². The number of para-hydroxylation sites is 2. The predicted octanol–water partition coefficient (Wildman–Crippen LogP) is 5.51. The van der Waals surface area contributed by atoms with Gasteiger partial charge in [0.25, 0.3) is 0 Å². The summed E-state index contributed by atoms with van der Waals surface area (Å²) >= 11 is 1.79. The maximum absolute atomic E-state index is 2.34. The van der Waals surface area contributed by atoms with Gasteiger partial charge in [-0.1, -0.05) is 36.4 Å². The minimum absolute atomic E-state index is 1.21. The molecule has 0 radical (unpaired) electrons. The highest BCUT2D eigenvalue weighted by molar-refractivity contribution is 7.98. The van der Waals surface area contributed by atoms with E-state index in [1.165, 1.54) is 32.4 Å². The summed E-state index contributed by atoms with van der Waals surface area (Å²) in [7, 11) is 0. The van der Waals surface area contributed by atoms with Gasteiger partial charge in [0.1, 0.15) is 0 Å². The monoisotopic (exact) mass is 289 g/mol. The molecule has 0 bridgehead atoms. The molecule has 0 spiro atoms. The Kier molecular flexibility index (Phi) is 2.97. The molecule has 21 heavy (non-hydrogen) atoms. The molecular weight excluding hydrogens is 274 g/mol. The van der Waals surface area contributed by atoms with Crippen molar-refractivity contribution < 1.29 is 0 Å². The van der Waals surface area contributed by atoms with Crippen LogP contribution in [0.4, 0.5) is 0 Å². The van der Waals surface area contributed by atoms with Crippen molar-refractivity contribution in [3.63, 3.8) is 0 Å². The highest BCUT2D eigenvalue weighted by Gasteiger charge is 2.11. The Morgan fingerprint density at radius 1 is 0.714 bits per heavy atom.